The fourth-order valence-electron chi connectivity index (χ4n) is 5.78. The van der Waals surface area contributed by atoms with Gasteiger partial charge in [0.15, 0.2) is 0 Å². The Labute approximate surface area is 215 Å². The average molecular weight is 590 g/mol. The first kappa shape index (κ1) is 29.7. The van der Waals surface area contributed by atoms with Crippen molar-refractivity contribution in [3.63, 3.8) is 0 Å². The molecule has 1 unspecified atom stereocenters. The molecule has 2 nitrogen and oxygen atoms in total. The molecule has 1 atom stereocenters. The van der Waals surface area contributed by atoms with Crippen LogP contribution in [0.4, 0.5) is 0 Å². The van der Waals surface area contributed by atoms with E-state index in [-0.39, 0.29) is 12.1 Å². The van der Waals surface area contributed by atoms with Gasteiger partial charge in [-0.05, 0) is 0 Å². The number of hydrogen-bond donors (Lipinski definition) is 0. The summed E-state index contributed by atoms with van der Waals surface area (Å²) in [6.45, 7) is 15.8. The molecule has 0 heterocycles. The second-order valence-corrected chi connectivity index (χ2v) is 26.3. The molecule has 0 aliphatic heterocycles. The standard InChI is InChI=1S/C18H23NOP.3C4H9.Sn/c1-15(2)19(16(3)4)21(20,17-11-7-5-8-12-17)18-13-9-6-10-14-18;3*1-3-4-2;/h5-13,15-16H,1-4H3;3*1,3-4H2,2H3;. The Bertz CT molecular complexity index is 866. The summed E-state index contributed by atoms with van der Waals surface area (Å²) >= 11 is -2.82. The molecule has 2 aromatic carbocycles. The van der Waals surface area contributed by atoms with Crippen LogP contribution < -0.4 is 14.2 Å². The number of hydrogen-bond acceptors (Lipinski definition) is 1. The van der Waals surface area contributed by atoms with Gasteiger partial charge in [0, 0.05) is 0 Å². The third kappa shape index (κ3) is 6.80. The van der Waals surface area contributed by atoms with Crippen molar-refractivity contribution in [1.29, 1.82) is 0 Å². The molecule has 0 radical (unpaired) electrons. The van der Waals surface area contributed by atoms with E-state index in [1.807, 2.05) is 6.07 Å². The second kappa shape index (κ2) is 14.2. The van der Waals surface area contributed by atoms with Crippen LogP contribution in [0, 0.1) is 0 Å². The van der Waals surface area contributed by atoms with Gasteiger partial charge in [0.1, 0.15) is 0 Å². The van der Waals surface area contributed by atoms with Gasteiger partial charge in [0.05, 0.1) is 0 Å². The van der Waals surface area contributed by atoms with E-state index < -0.39 is 25.7 Å². The zero-order chi connectivity index (χ0) is 25.2. The van der Waals surface area contributed by atoms with Gasteiger partial charge < -0.3 is 0 Å². The van der Waals surface area contributed by atoms with Crippen molar-refractivity contribution in [2.75, 3.05) is 0 Å². The van der Waals surface area contributed by atoms with E-state index in [1.165, 1.54) is 57.1 Å². The Morgan fingerprint density at radius 2 is 1.15 bits per heavy atom. The van der Waals surface area contributed by atoms with Crippen molar-refractivity contribution in [2.24, 2.45) is 0 Å². The molecule has 2 rings (SSSR count). The molecule has 0 bridgehead atoms. The molecule has 0 aliphatic carbocycles. The minimum absolute atomic E-state index is 0.200. The van der Waals surface area contributed by atoms with E-state index in [9.17, 15) is 0 Å². The van der Waals surface area contributed by atoms with Gasteiger partial charge in [-0.2, -0.15) is 0 Å². The van der Waals surface area contributed by atoms with E-state index in [2.05, 4.69) is 102 Å². The van der Waals surface area contributed by atoms with Crippen LogP contribution in [0.25, 0.3) is 0 Å². The van der Waals surface area contributed by atoms with Crippen LogP contribution >= 0.6 is 7.29 Å². The summed E-state index contributed by atoms with van der Waals surface area (Å²) < 4.78 is 23.7. The maximum atomic E-state index is 15.6. The first-order chi connectivity index (χ1) is 16.3. The van der Waals surface area contributed by atoms with Crippen LogP contribution in [0.1, 0.15) is 87.0 Å². The van der Waals surface area contributed by atoms with Crippen molar-refractivity contribution in [1.82, 2.24) is 4.67 Å². The van der Waals surface area contributed by atoms with E-state index in [0.717, 1.165) is 5.30 Å². The van der Waals surface area contributed by atoms with Crippen LogP contribution in [0.3, 0.4) is 0 Å². The minimum atomic E-state index is -2.99. The molecule has 2 aromatic rings. The summed E-state index contributed by atoms with van der Waals surface area (Å²) in [6, 6.07) is 19.8. The van der Waals surface area contributed by atoms with E-state index in [0.29, 0.717) is 0 Å². The Morgan fingerprint density at radius 1 is 0.706 bits per heavy atom. The molecule has 4 heteroatoms. The van der Waals surface area contributed by atoms with Crippen LogP contribution in [0.15, 0.2) is 54.6 Å². The molecule has 190 valence electrons. The number of unbranched alkanes of at least 4 members (excludes halogenated alkanes) is 3. The molecule has 0 saturated heterocycles. The second-order valence-electron chi connectivity index (χ2n) is 10.6. The van der Waals surface area contributed by atoms with Gasteiger partial charge in [0.2, 0.25) is 0 Å². The van der Waals surface area contributed by atoms with Crippen LogP contribution in [0.5, 0.6) is 0 Å². The van der Waals surface area contributed by atoms with E-state index in [4.69, 9.17) is 0 Å². The van der Waals surface area contributed by atoms with Crippen molar-refractivity contribution in [2.45, 2.75) is 112 Å². The van der Waals surface area contributed by atoms with Gasteiger partial charge in [-0.1, -0.05) is 0 Å². The Morgan fingerprint density at radius 3 is 1.59 bits per heavy atom. The summed E-state index contributed by atoms with van der Waals surface area (Å²) in [7, 11) is -2.99. The van der Waals surface area contributed by atoms with Crippen LogP contribution in [-0.4, -0.2) is 35.1 Å². The molecule has 0 spiro atoms. The fourth-order valence-corrected chi connectivity index (χ4v) is 28.4. The van der Waals surface area contributed by atoms with E-state index >= 15 is 4.57 Å². The Hall–Kier alpha value is -0.571. The summed E-state index contributed by atoms with van der Waals surface area (Å²) in [4.78, 5) is 0. The fraction of sp³-hybridized carbons (Fsp3) is 0.600. The normalized spacial score (nSPS) is 14.2. The summed E-state index contributed by atoms with van der Waals surface area (Å²) in [5, 5.41) is 2.16. The monoisotopic (exact) mass is 591 g/mol. The van der Waals surface area contributed by atoms with Crippen molar-refractivity contribution >= 4 is 39.9 Å². The van der Waals surface area contributed by atoms with E-state index in [1.54, 1.807) is 3.58 Å². The average Bonchev–Trinajstić information content (AvgIpc) is 2.84. The zero-order valence-electron chi connectivity index (χ0n) is 23.0. The molecule has 34 heavy (non-hydrogen) atoms. The Balaban J connectivity index is 2.88. The molecule has 0 amide bonds. The third-order valence-corrected chi connectivity index (χ3v) is 27.3. The summed E-state index contributed by atoms with van der Waals surface area (Å²) in [5.41, 5.74) is 0. The molecular weight excluding hydrogens is 540 g/mol. The van der Waals surface area contributed by atoms with Crippen LogP contribution in [-0.2, 0) is 4.57 Å². The van der Waals surface area contributed by atoms with Gasteiger partial charge in [-0.3, -0.25) is 0 Å². The Kier molecular flexibility index (Phi) is 12.4. The summed E-state index contributed by atoms with van der Waals surface area (Å²) in [6.07, 6.45) is 7.68. The van der Waals surface area contributed by atoms with Gasteiger partial charge >= 0.3 is 216 Å². The van der Waals surface area contributed by atoms with Gasteiger partial charge in [-0.15, -0.1) is 0 Å². The molecule has 0 aliphatic rings. The van der Waals surface area contributed by atoms with Crippen molar-refractivity contribution in [3.8, 4) is 0 Å². The molecule has 0 N–H and O–H groups in total. The predicted octanol–water partition coefficient (Wildman–Crippen LogP) is 8.09. The molecule has 0 saturated carbocycles. The summed E-state index contributed by atoms with van der Waals surface area (Å²) in [5.74, 6) is 0. The van der Waals surface area contributed by atoms with Crippen molar-refractivity contribution in [3.05, 3.63) is 54.6 Å². The third-order valence-electron chi connectivity index (χ3n) is 7.32. The van der Waals surface area contributed by atoms with Gasteiger partial charge in [-0.25, -0.2) is 0 Å². The maximum absolute atomic E-state index is 15.6. The first-order valence-corrected chi connectivity index (χ1v) is 23.0. The zero-order valence-corrected chi connectivity index (χ0v) is 26.8. The van der Waals surface area contributed by atoms with Crippen LogP contribution in [0.2, 0.25) is 13.3 Å². The quantitative estimate of drug-likeness (QED) is 0.154. The SMILES string of the molecule is CCC[CH2][Sn]([CH2]CCC)([CH2]CCC)[c]1ccccc1P(=O)(c1ccccc1)N(C(C)C)C(C)C. The number of nitrogens with zero attached hydrogens (tertiary/aromatic N) is 1. The number of rotatable bonds is 15. The topological polar surface area (TPSA) is 20.3 Å². The number of benzene rings is 2. The molecule has 0 aromatic heterocycles. The first-order valence-electron chi connectivity index (χ1n) is 13.8. The predicted molar refractivity (Wildman–Crippen MR) is 156 cm³/mol. The molecule has 0 fully saturated rings. The van der Waals surface area contributed by atoms with Crippen molar-refractivity contribution < 1.29 is 4.57 Å². The van der Waals surface area contributed by atoms with Gasteiger partial charge in [0.25, 0.3) is 0 Å². The molecular formula is C30H50NOPSn.